The van der Waals surface area contributed by atoms with Gasteiger partial charge in [0.25, 0.3) is 0 Å². The molecule has 0 atom stereocenters. The van der Waals surface area contributed by atoms with Gasteiger partial charge in [-0.05, 0) is 44.4 Å². The Labute approximate surface area is 111 Å². The lowest BCUT2D eigenvalue weighted by Gasteiger charge is -2.27. The van der Waals surface area contributed by atoms with Crippen molar-refractivity contribution in [2.75, 3.05) is 6.54 Å². The van der Waals surface area contributed by atoms with Gasteiger partial charge in [0.1, 0.15) is 0 Å². The summed E-state index contributed by atoms with van der Waals surface area (Å²) in [5.74, 6) is 0.752. The van der Waals surface area contributed by atoms with E-state index in [-0.39, 0.29) is 0 Å². The van der Waals surface area contributed by atoms with E-state index in [2.05, 4.69) is 44.7 Å². The molecule has 0 aromatic heterocycles. The van der Waals surface area contributed by atoms with Crippen LogP contribution in [0.5, 0.6) is 0 Å². The molecule has 0 N–H and O–H groups in total. The number of nitrogens with zero attached hydrogens (tertiary/aromatic N) is 1. The van der Waals surface area contributed by atoms with Crippen LogP contribution in [-0.2, 0) is 6.54 Å². The van der Waals surface area contributed by atoms with E-state index in [0.29, 0.717) is 6.04 Å². The normalized spacial score (nSPS) is 11.8. The number of benzene rings is 1. The lowest BCUT2D eigenvalue weighted by molar-refractivity contribution is 0.201. The van der Waals surface area contributed by atoms with Crippen LogP contribution in [0.3, 0.4) is 0 Å². The summed E-state index contributed by atoms with van der Waals surface area (Å²) in [7, 11) is 0. The highest BCUT2D eigenvalue weighted by Crippen LogP contribution is 2.18. The summed E-state index contributed by atoms with van der Waals surface area (Å²) in [6, 6.07) is 8.69. The zero-order valence-corrected chi connectivity index (χ0v) is 12.2. The van der Waals surface area contributed by atoms with Gasteiger partial charge in [0.05, 0.1) is 0 Å². The van der Waals surface area contributed by atoms with Gasteiger partial charge in [0.2, 0.25) is 0 Å². The summed E-state index contributed by atoms with van der Waals surface area (Å²) < 4.78 is 0. The number of halogens is 1. The minimum atomic E-state index is 0.560. The van der Waals surface area contributed by atoms with E-state index in [1.165, 1.54) is 12.0 Å². The molecule has 0 spiro atoms. The first-order valence-electron chi connectivity index (χ1n) is 6.48. The fourth-order valence-corrected chi connectivity index (χ4v) is 1.98. The molecule has 1 aromatic rings. The second-order valence-electron chi connectivity index (χ2n) is 5.34. The van der Waals surface area contributed by atoms with Crippen molar-refractivity contribution in [3.63, 3.8) is 0 Å². The van der Waals surface area contributed by atoms with Crippen molar-refractivity contribution < 1.29 is 0 Å². The lowest BCUT2D eigenvalue weighted by atomic mass is 10.1. The van der Waals surface area contributed by atoms with Gasteiger partial charge in [-0.2, -0.15) is 0 Å². The Morgan fingerprint density at radius 1 is 1.12 bits per heavy atom. The highest BCUT2D eigenvalue weighted by atomic mass is 35.5. The summed E-state index contributed by atoms with van der Waals surface area (Å²) >= 11 is 6.21. The highest BCUT2D eigenvalue weighted by Gasteiger charge is 2.12. The average Bonchev–Trinajstić information content (AvgIpc) is 2.25. The van der Waals surface area contributed by atoms with Crippen molar-refractivity contribution in [3.05, 3.63) is 34.9 Å². The van der Waals surface area contributed by atoms with Crippen LogP contribution in [0.2, 0.25) is 5.02 Å². The predicted octanol–water partition coefficient (Wildman–Crippen LogP) is 4.60. The second-order valence-corrected chi connectivity index (χ2v) is 5.75. The van der Waals surface area contributed by atoms with Gasteiger partial charge in [-0.3, -0.25) is 4.90 Å². The summed E-state index contributed by atoms with van der Waals surface area (Å²) in [4.78, 5) is 2.49. The lowest BCUT2D eigenvalue weighted by Crippen LogP contribution is -2.32. The molecule has 1 rings (SSSR count). The zero-order chi connectivity index (χ0) is 12.8. The molecule has 0 aliphatic carbocycles. The fraction of sp³-hybridized carbons (Fsp3) is 0.600. The third-order valence-corrected chi connectivity index (χ3v) is 3.42. The number of hydrogen-bond acceptors (Lipinski definition) is 1. The molecule has 0 aliphatic rings. The van der Waals surface area contributed by atoms with Crippen molar-refractivity contribution in [2.24, 2.45) is 5.92 Å². The van der Waals surface area contributed by atoms with Gasteiger partial charge in [-0.1, -0.05) is 43.6 Å². The average molecular weight is 254 g/mol. The van der Waals surface area contributed by atoms with Crippen molar-refractivity contribution in [1.82, 2.24) is 4.90 Å². The van der Waals surface area contributed by atoms with E-state index < -0.39 is 0 Å². The first-order chi connectivity index (χ1) is 8.00. The quantitative estimate of drug-likeness (QED) is 0.716. The molecule has 0 saturated carbocycles. The Morgan fingerprint density at radius 3 is 2.29 bits per heavy atom. The van der Waals surface area contributed by atoms with Crippen molar-refractivity contribution in [2.45, 2.75) is 46.7 Å². The smallest absolute Gasteiger partial charge is 0.0451 e. The predicted molar refractivity (Wildman–Crippen MR) is 76.5 cm³/mol. The van der Waals surface area contributed by atoms with Crippen LogP contribution in [0.1, 0.15) is 39.7 Å². The molecule has 0 bridgehead atoms. The van der Waals surface area contributed by atoms with E-state index in [0.717, 1.165) is 24.0 Å². The second kappa shape index (κ2) is 7.03. The molecule has 2 heteroatoms. The maximum atomic E-state index is 6.21. The van der Waals surface area contributed by atoms with Crippen LogP contribution in [-0.4, -0.2) is 17.5 Å². The molecule has 17 heavy (non-hydrogen) atoms. The van der Waals surface area contributed by atoms with Crippen LogP contribution in [0.25, 0.3) is 0 Å². The number of rotatable bonds is 6. The summed E-state index contributed by atoms with van der Waals surface area (Å²) in [6.07, 6.45) is 1.24. The van der Waals surface area contributed by atoms with Crippen LogP contribution >= 0.6 is 11.6 Å². The topological polar surface area (TPSA) is 3.24 Å². The number of hydrogen-bond donors (Lipinski definition) is 0. The van der Waals surface area contributed by atoms with Gasteiger partial charge < -0.3 is 0 Å². The summed E-state index contributed by atoms with van der Waals surface area (Å²) in [6.45, 7) is 11.1. The highest BCUT2D eigenvalue weighted by molar-refractivity contribution is 6.31. The van der Waals surface area contributed by atoms with E-state index >= 15 is 0 Å². The first-order valence-corrected chi connectivity index (χ1v) is 6.86. The fourth-order valence-electron chi connectivity index (χ4n) is 1.79. The molecule has 1 aromatic carbocycles. The van der Waals surface area contributed by atoms with E-state index in [9.17, 15) is 0 Å². The largest absolute Gasteiger partial charge is 0.297 e. The Hall–Kier alpha value is -0.530. The maximum absolute atomic E-state index is 6.21. The zero-order valence-electron chi connectivity index (χ0n) is 11.4. The minimum absolute atomic E-state index is 0.560. The summed E-state index contributed by atoms with van der Waals surface area (Å²) in [5, 5.41) is 0.877. The molecule has 0 radical (unpaired) electrons. The minimum Gasteiger partial charge on any atom is -0.297 e. The van der Waals surface area contributed by atoms with Crippen LogP contribution in [0.15, 0.2) is 24.3 Å². The Kier molecular flexibility index (Phi) is 6.01. The molecule has 0 amide bonds. The van der Waals surface area contributed by atoms with Crippen LogP contribution in [0.4, 0.5) is 0 Å². The van der Waals surface area contributed by atoms with Gasteiger partial charge in [-0.15, -0.1) is 0 Å². The Bertz CT molecular complexity index is 333. The molecule has 0 aliphatic heterocycles. The van der Waals surface area contributed by atoms with Gasteiger partial charge in [0, 0.05) is 17.6 Å². The standard InChI is InChI=1S/C15H24ClN/c1-12(2)9-10-17(13(3)4)11-14-7-5-6-8-15(14)16/h5-8,12-13H,9-11H2,1-4H3. The Balaban J connectivity index is 2.64. The third kappa shape index (κ3) is 5.10. The van der Waals surface area contributed by atoms with E-state index in [1.807, 2.05) is 12.1 Å². The molecule has 0 saturated heterocycles. The molecule has 96 valence electrons. The summed E-state index contributed by atoms with van der Waals surface area (Å²) in [5.41, 5.74) is 1.23. The van der Waals surface area contributed by atoms with Crippen LogP contribution in [0, 0.1) is 5.92 Å². The van der Waals surface area contributed by atoms with Gasteiger partial charge in [0.15, 0.2) is 0 Å². The van der Waals surface area contributed by atoms with Gasteiger partial charge in [-0.25, -0.2) is 0 Å². The third-order valence-electron chi connectivity index (χ3n) is 3.06. The molecular weight excluding hydrogens is 230 g/mol. The monoisotopic (exact) mass is 253 g/mol. The van der Waals surface area contributed by atoms with E-state index in [1.54, 1.807) is 0 Å². The molecule has 0 heterocycles. The van der Waals surface area contributed by atoms with Crippen LogP contribution < -0.4 is 0 Å². The molecule has 0 fully saturated rings. The van der Waals surface area contributed by atoms with Gasteiger partial charge >= 0.3 is 0 Å². The maximum Gasteiger partial charge on any atom is 0.0451 e. The SMILES string of the molecule is CC(C)CCN(Cc1ccccc1Cl)C(C)C. The van der Waals surface area contributed by atoms with Crippen molar-refractivity contribution >= 4 is 11.6 Å². The van der Waals surface area contributed by atoms with Crippen molar-refractivity contribution in [3.8, 4) is 0 Å². The Morgan fingerprint density at radius 2 is 1.76 bits per heavy atom. The molecule has 1 nitrogen and oxygen atoms in total. The first kappa shape index (κ1) is 14.5. The molecular formula is C15H24ClN. The van der Waals surface area contributed by atoms with E-state index in [4.69, 9.17) is 11.6 Å². The molecule has 0 unspecified atom stereocenters. The van der Waals surface area contributed by atoms with Crippen molar-refractivity contribution in [1.29, 1.82) is 0 Å².